The normalized spacial score (nSPS) is 16.2. The number of esters is 1. The highest BCUT2D eigenvalue weighted by Gasteiger charge is 2.21. The fourth-order valence-corrected chi connectivity index (χ4v) is 2.77. The van der Waals surface area contributed by atoms with Crippen LogP contribution in [0.1, 0.15) is 29.1 Å². The number of piperidine rings is 1. The van der Waals surface area contributed by atoms with Gasteiger partial charge in [0.1, 0.15) is 11.9 Å². The van der Waals surface area contributed by atoms with Crippen molar-refractivity contribution < 1.29 is 13.9 Å². The number of nitrogens with one attached hydrogen (secondary N) is 1. The Balaban J connectivity index is 1.94. The minimum absolute atomic E-state index is 0.0851. The van der Waals surface area contributed by atoms with Gasteiger partial charge in [0, 0.05) is 17.5 Å². The fourth-order valence-electron chi connectivity index (χ4n) is 2.77. The summed E-state index contributed by atoms with van der Waals surface area (Å²) in [7, 11) is 3.39. The van der Waals surface area contributed by atoms with Crippen molar-refractivity contribution in [2.45, 2.75) is 18.9 Å². The average molecular weight is 314 g/mol. The number of fused-ring (bicyclic) bond motifs is 1. The molecular weight excluding hydrogens is 296 g/mol. The quantitative estimate of drug-likeness (QED) is 0.866. The van der Waals surface area contributed by atoms with Crippen molar-refractivity contribution >= 4 is 22.8 Å². The summed E-state index contributed by atoms with van der Waals surface area (Å²) in [5, 5.41) is 13.0. The molecule has 0 bridgehead atoms. The number of carbonyl (C=O) groups excluding carboxylic acids is 1. The molecule has 0 amide bonds. The molecule has 0 aromatic carbocycles. The number of aromatic nitrogens is 1. The minimum Gasteiger partial charge on any atom is -0.464 e. The molecule has 0 atom stereocenters. The summed E-state index contributed by atoms with van der Waals surface area (Å²) in [6, 6.07) is 5.64. The largest absolute Gasteiger partial charge is 0.464 e. The highest BCUT2D eigenvalue weighted by atomic mass is 16.5. The first-order valence-corrected chi connectivity index (χ1v) is 7.49. The van der Waals surface area contributed by atoms with E-state index >= 15 is 0 Å². The van der Waals surface area contributed by atoms with Crippen LogP contribution in [0.4, 0.5) is 5.82 Å². The molecule has 1 N–H and O–H groups in total. The maximum atomic E-state index is 12.0. The van der Waals surface area contributed by atoms with Crippen LogP contribution in [0.15, 0.2) is 16.5 Å². The Hall–Kier alpha value is -2.59. The first-order chi connectivity index (χ1) is 11.1. The van der Waals surface area contributed by atoms with Crippen LogP contribution >= 0.6 is 0 Å². The molecular formula is C16H18N4O3. The second-order valence-electron chi connectivity index (χ2n) is 5.71. The summed E-state index contributed by atoms with van der Waals surface area (Å²) in [5.41, 5.74) is 0.365. The first kappa shape index (κ1) is 15.3. The van der Waals surface area contributed by atoms with Crippen LogP contribution in [0.2, 0.25) is 0 Å². The molecule has 0 radical (unpaired) electrons. The standard InChI is InChI=1S/C16H18N4O3/c1-20-5-3-11(4-6-20)18-13-8-10-7-12(9-17)23-15(10)14(19-13)16(21)22-2/h7-8,11H,3-6H2,1-2H3,(H,18,19). The number of pyridine rings is 1. The number of furan rings is 1. The maximum Gasteiger partial charge on any atom is 0.360 e. The molecule has 1 saturated heterocycles. The van der Waals surface area contributed by atoms with Gasteiger partial charge in [0.2, 0.25) is 5.76 Å². The molecule has 0 saturated carbocycles. The third kappa shape index (κ3) is 3.12. The van der Waals surface area contributed by atoms with Gasteiger partial charge in [-0.15, -0.1) is 0 Å². The molecule has 2 aromatic heterocycles. The lowest BCUT2D eigenvalue weighted by Gasteiger charge is -2.29. The summed E-state index contributed by atoms with van der Waals surface area (Å²) in [6.07, 6.45) is 2.03. The Labute approximate surface area is 133 Å². The van der Waals surface area contributed by atoms with Crippen LogP contribution in [-0.2, 0) is 4.74 Å². The minimum atomic E-state index is -0.583. The third-order valence-corrected chi connectivity index (χ3v) is 4.06. The van der Waals surface area contributed by atoms with Gasteiger partial charge in [0.05, 0.1) is 7.11 Å². The topological polar surface area (TPSA) is 91.4 Å². The van der Waals surface area contributed by atoms with E-state index in [1.807, 2.05) is 6.07 Å². The van der Waals surface area contributed by atoms with Crippen molar-refractivity contribution in [1.29, 1.82) is 5.26 Å². The van der Waals surface area contributed by atoms with Crippen LogP contribution < -0.4 is 5.32 Å². The molecule has 3 rings (SSSR count). The highest BCUT2D eigenvalue weighted by molar-refractivity contribution is 6.01. The van der Waals surface area contributed by atoms with Crippen molar-refractivity contribution in [2.75, 3.05) is 32.6 Å². The lowest BCUT2D eigenvalue weighted by molar-refractivity contribution is 0.0595. The number of hydrogen-bond donors (Lipinski definition) is 1. The van der Waals surface area contributed by atoms with Crippen molar-refractivity contribution in [1.82, 2.24) is 9.88 Å². The van der Waals surface area contributed by atoms with E-state index in [-0.39, 0.29) is 17.0 Å². The zero-order valence-corrected chi connectivity index (χ0v) is 13.1. The number of carbonyl (C=O) groups is 1. The van der Waals surface area contributed by atoms with Crippen molar-refractivity contribution in [2.24, 2.45) is 0 Å². The Bertz CT molecular complexity index is 769. The first-order valence-electron chi connectivity index (χ1n) is 7.49. The van der Waals surface area contributed by atoms with Crippen molar-refractivity contribution in [3.63, 3.8) is 0 Å². The Kier molecular flexibility index (Phi) is 4.17. The van der Waals surface area contributed by atoms with Crippen LogP contribution in [-0.4, -0.2) is 49.1 Å². The van der Waals surface area contributed by atoms with Crippen LogP contribution in [0.5, 0.6) is 0 Å². The van der Waals surface area contributed by atoms with Gasteiger partial charge in [-0.2, -0.15) is 5.26 Å². The molecule has 7 heteroatoms. The third-order valence-electron chi connectivity index (χ3n) is 4.06. The summed E-state index contributed by atoms with van der Waals surface area (Å²) in [4.78, 5) is 18.6. The van der Waals surface area contributed by atoms with Crippen molar-refractivity contribution in [3.8, 4) is 6.07 Å². The fraction of sp³-hybridized carbons (Fsp3) is 0.438. The van der Waals surface area contributed by atoms with Gasteiger partial charge in [-0.3, -0.25) is 0 Å². The van der Waals surface area contributed by atoms with Crippen molar-refractivity contribution in [3.05, 3.63) is 23.6 Å². The molecule has 120 valence electrons. The number of rotatable bonds is 3. The SMILES string of the molecule is COC(=O)c1nc(NC2CCN(C)CC2)cc2cc(C#N)oc12. The van der Waals surface area contributed by atoms with Gasteiger partial charge in [0.25, 0.3) is 0 Å². The Morgan fingerprint density at radius 2 is 2.22 bits per heavy atom. The van der Waals surface area contributed by atoms with E-state index < -0.39 is 5.97 Å². The van der Waals surface area contributed by atoms with Gasteiger partial charge in [-0.1, -0.05) is 0 Å². The average Bonchev–Trinajstić information content (AvgIpc) is 2.98. The predicted octanol–water partition coefficient (Wildman–Crippen LogP) is 1.99. The predicted molar refractivity (Wildman–Crippen MR) is 84.2 cm³/mol. The Morgan fingerprint density at radius 3 is 2.87 bits per heavy atom. The van der Waals surface area contributed by atoms with Crippen LogP contribution in [0, 0.1) is 11.3 Å². The zero-order chi connectivity index (χ0) is 16.4. The molecule has 23 heavy (non-hydrogen) atoms. The number of methoxy groups -OCH3 is 1. The maximum absolute atomic E-state index is 12.0. The van der Waals surface area contributed by atoms with E-state index in [4.69, 9.17) is 14.4 Å². The molecule has 2 aromatic rings. The molecule has 1 aliphatic rings. The number of nitriles is 1. The van der Waals surface area contributed by atoms with Crippen LogP contribution in [0.25, 0.3) is 11.0 Å². The Morgan fingerprint density at radius 1 is 1.48 bits per heavy atom. The highest BCUT2D eigenvalue weighted by Crippen LogP contribution is 2.26. The van der Waals surface area contributed by atoms with Gasteiger partial charge >= 0.3 is 5.97 Å². The molecule has 0 aliphatic carbocycles. The lowest BCUT2D eigenvalue weighted by Crippen LogP contribution is -2.36. The van der Waals surface area contributed by atoms with Gasteiger partial charge in [-0.05, 0) is 39.0 Å². The second-order valence-corrected chi connectivity index (χ2v) is 5.71. The van der Waals surface area contributed by atoms with Gasteiger partial charge in [0.15, 0.2) is 11.3 Å². The van der Waals surface area contributed by atoms with E-state index in [1.54, 1.807) is 12.1 Å². The molecule has 0 spiro atoms. The van der Waals surface area contributed by atoms with Gasteiger partial charge in [-0.25, -0.2) is 9.78 Å². The number of nitrogens with zero attached hydrogens (tertiary/aromatic N) is 3. The van der Waals surface area contributed by atoms with E-state index in [0.717, 1.165) is 25.9 Å². The summed E-state index contributed by atoms with van der Waals surface area (Å²) in [5.74, 6) is 0.155. The number of likely N-dealkylation sites (tertiary alicyclic amines) is 1. The molecule has 3 heterocycles. The zero-order valence-electron chi connectivity index (χ0n) is 13.1. The number of ether oxygens (including phenoxy) is 1. The summed E-state index contributed by atoms with van der Waals surface area (Å²) < 4.78 is 10.1. The second kappa shape index (κ2) is 6.26. The smallest absolute Gasteiger partial charge is 0.360 e. The molecule has 1 fully saturated rings. The van der Waals surface area contributed by atoms with E-state index in [1.165, 1.54) is 7.11 Å². The number of hydrogen-bond acceptors (Lipinski definition) is 7. The van der Waals surface area contributed by atoms with Gasteiger partial charge < -0.3 is 19.4 Å². The van der Waals surface area contributed by atoms with Crippen LogP contribution in [0.3, 0.4) is 0 Å². The molecule has 1 aliphatic heterocycles. The summed E-state index contributed by atoms with van der Waals surface area (Å²) >= 11 is 0. The van der Waals surface area contributed by atoms with E-state index in [9.17, 15) is 4.79 Å². The lowest BCUT2D eigenvalue weighted by atomic mass is 10.1. The molecule has 7 nitrogen and oxygen atoms in total. The molecule has 0 unspecified atom stereocenters. The summed E-state index contributed by atoms with van der Waals surface area (Å²) in [6.45, 7) is 2.04. The number of anilines is 1. The monoisotopic (exact) mass is 314 g/mol. The van der Waals surface area contributed by atoms with E-state index in [2.05, 4.69) is 22.2 Å². The van der Waals surface area contributed by atoms with E-state index in [0.29, 0.717) is 17.2 Å².